The van der Waals surface area contributed by atoms with Crippen molar-refractivity contribution in [1.29, 1.82) is 0 Å². The summed E-state index contributed by atoms with van der Waals surface area (Å²) in [5.74, 6) is 0. The molecule has 1 N–H and O–H groups in total. The molecule has 0 saturated heterocycles. The van der Waals surface area contributed by atoms with Crippen LogP contribution in [0.15, 0.2) is 41.5 Å². The van der Waals surface area contributed by atoms with Gasteiger partial charge in [-0.15, -0.1) is 0 Å². The van der Waals surface area contributed by atoms with Gasteiger partial charge in [0.15, 0.2) is 0 Å². The van der Waals surface area contributed by atoms with E-state index in [4.69, 9.17) is 0 Å². The van der Waals surface area contributed by atoms with Gasteiger partial charge in [0, 0.05) is 18.4 Å². The van der Waals surface area contributed by atoms with E-state index in [0.717, 1.165) is 11.1 Å². The van der Waals surface area contributed by atoms with Gasteiger partial charge >= 0.3 is 5.69 Å². The molecule has 1 unspecified atom stereocenters. The monoisotopic (exact) mass is 260 g/mol. The van der Waals surface area contributed by atoms with Crippen molar-refractivity contribution < 1.29 is 5.11 Å². The molecular formula is C15H20N2O2. The van der Waals surface area contributed by atoms with E-state index in [2.05, 4.69) is 0 Å². The van der Waals surface area contributed by atoms with Crippen LogP contribution in [0, 0.1) is 6.92 Å². The lowest BCUT2D eigenvalue weighted by Crippen LogP contribution is -2.27. The summed E-state index contributed by atoms with van der Waals surface area (Å²) in [6, 6.07) is 7.84. The summed E-state index contributed by atoms with van der Waals surface area (Å²) >= 11 is 0. The number of aliphatic hydroxyl groups is 1. The molecule has 0 aliphatic heterocycles. The number of aliphatic hydroxyl groups excluding tert-OH is 1. The summed E-state index contributed by atoms with van der Waals surface area (Å²) in [6.45, 7) is 6.19. The van der Waals surface area contributed by atoms with Gasteiger partial charge in [-0.1, -0.05) is 29.8 Å². The summed E-state index contributed by atoms with van der Waals surface area (Å²) in [7, 11) is 0. The number of hydrogen-bond donors (Lipinski definition) is 1. The fraction of sp³-hybridized carbons (Fsp3) is 0.400. The summed E-state index contributed by atoms with van der Waals surface area (Å²) in [5, 5.41) is 10.2. The lowest BCUT2D eigenvalue weighted by atomic mass is 10.1. The normalized spacial score (nSPS) is 12.9. The zero-order valence-electron chi connectivity index (χ0n) is 11.6. The zero-order valence-corrected chi connectivity index (χ0v) is 11.6. The largest absolute Gasteiger partial charge is 0.387 e. The molecule has 0 saturated carbocycles. The molecule has 1 aromatic carbocycles. The van der Waals surface area contributed by atoms with E-state index in [-0.39, 0.29) is 18.3 Å². The average Bonchev–Trinajstić information content (AvgIpc) is 2.71. The van der Waals surface area contributed by atoms with Crippen molar-refractivity contribution in [2.24, 2.45) is 0 Å². The molecule has 102 valence electrons. The third kappa shape index (κ3) is 2.96. The van der Waals surface area contributed by atoms with Crippen LogP contribution in [0.5, 0.6) is 0 Å². The molecule has 0 spiro atoms. The van der Waals surface area contributed by atoms with Crippen LogP contribution < -0.4 is 5.69 Å². The third-order valence-corrected chi connectivity index (χ3v) is 3.23. The predicted octanol–water partition coefficient (Wildman–Crippen LogP) is 2.27. The summed E-state index contributed by atoms with van der Waals surface area (Å²) in [4.78, 5) is 12.1. The molecule has 0 fully saturated rings. The second-order valence-corrected chi connectivity index (χ2v) is 5.16. The second-order valence-electron chi connectivity index (χ2n) is 5.16. The third-order valence-electron chi connectivity index (χ3n) is 3.23. The molecule has 1 atom stereocenters. The van der Waals surface area contributed by atoms with Crippen molar-refractivity contribution in [3.05, 3.63) is 58.3 Å². The van der Waals surface area contributed by atoms with E-state index in [0.29, 0.717) is 0 Å². The van der Waals surface area contributed by atoms with Crippen molar-refractivity contribution in [3.63, 3.8) is 0 Å². The van der Waals surface area contributed by atoms with Crippen LogP contribution in [0.1, 0.15) is 37.1 Å². The summed E-state index contributed by atoms with van der Waals surface area (Å²) in [5.41, 5.74) is 1.86. The molecule has 2 aromatic rings. The lowest BCUT2D eigenvalue weighted by molar-refractivity contribution is 0.154. The highest BCUT2D eigenvalue weighted by Crippen LogP contribution is 2.15. The van der Waals surface area contributed by atoms with Gasteiger partial charge in [0.25, 0.3) is 0 Å². The Hall–Kier alpha value is -1.81. The minimum Gasteiger partial charge on any atom is -0.387 e. The quantitative estimate of drug-likeness (QED) is 0.916. The van der Waals surface area contributed by atoms with Crippen LogP contribution in [0.3, 0.4) is 0 Å². The van der Waals surface area contributed by atoms with E-state index in [9.17, 15) is 9.90 Å². The van der Waals surface area contributed by atoms with Crippen molar-refractivity contribution in [2.75, 3.05) is 0 Å². The Balaban J connectivity index is 2.20. The van der Waals surface area contributed by atoms with Crippen LogP contribution >= 0.6 is 0 Å². The highest BCUT2D eigenvalue weighted by Gasteiger charge is 2.12. The molecule has 0 amide bonds. The van der Waals surface area contributed by atoms with Gasteiger partial charge in [0.1, 0.15) is 0 Å². The number of aryl methyl sites for hydroxylation is 1. The van der Waals surface area contributed by atoms with E-state index in [1.165, 1.54) is 0 Å². The number of rotatable bonds is 4. The molecule has 0 aliphatic carbocycles. The second kappa shape index (κ2) is 5.45. The molecular weight excluding hydrogens is 240 g/mol. The van der Waals surface area contributed by atoms with Crippen LogP contribution in [0.4, 0.5) is 0 Å². The van der Waals surface area contributed by atoms with Gasteiger partial charge in [-0.05, 0) is 26.3 Å². The summed E-state index contributed by atoms with van der Waals surface area (Å²) < 4.78 is 3.20. The number of benzene rings is 1. The molecule has 1 heterocycles. The highest BCUT2D eigenvalue weighted by molar-refractivity contribution is 5.23. The zero-order chi connectivity index (χ0) is 14.0. The van der Waals surface area contributed by atoms with Crippen LogP contribution in [0.2, 0.25) is 0 Å². The Kier molecular flexibility index (Phi) is 3.90. The predicted molar refractivity (Wildman–Crippen MR) is 75.2 cm³/mol. The van der Waals surface area contributed by atoms with Gasteiger partial charge in [0.05, 0.1) is 12.6 Å². The number of imidazole rings is 1. The number of aromatic nitrogens is 2. The lowest BCUT2D eigenvalue weighted by Gasteiger charge is -2.12. The Bertz CT molecular complexity index is 611. The fourth-order valence-electron chi connectivity index (χ4n) is 2.13. The SMILES string of the molecule is Cc1cccc(C(O)Cn2ccn(C(C)C)c2=O)c1. The molecule has 0 bridgehead atoms. The first kappa shape index (κ1) is 13.6. The van der Waals surface area contributed by atoms with Crippen LogP contribution in [-0.4, -0.2) is 14.2 Å². The maximum absolute atomic E-state index is 12.1. The van der Waals surface area contributed by atoms with Gasteiger partial charge in [-0.25, -0.2) is 4.79 Å². The van der Waals surface area contributed by atoms with E-state index in [1.807, 2.05) is 45.0 Å². The van der Waals surface area contributed by atoms with Crippen molar-refractivity contribution in [1.82, 2.24) is 9.13 Å². The Morgan fingerprint density at radius 1 is 1.26 bits per heavy atom. The molecule has 2 rings (SSSR count). The first-order valence-corrected chi connectivity index (χ1v) is 6.51. The molecule has 1 aromatic heterocycles. The number of nitrogens with zero attached hydrogens (tertiary/aromatic N) is 2. The maximum Gasteiger partial charge on any atom is 0.328 e. The van der Waals surface area contributed by atoms with Crippen molar-refractivity contribution in [3.8, 4) is 0 Å². The smallest absolute Gasteiger partial charge is 0.328 e. The first-order valence-electron chi connectivity index (χ1n) is 6.51. The van der Waals surface area contributed by atoms with Crippen LogP contribution in [-0.2, 0) is 6.54 Å². The fourth-order valence-corrected chi connectivity index (χ4v) is 2.13. The molecule has 19 heavy (non-hydrogen) atoms. The van der Waals surface area contributed by atoms with Crippen LogP contribution in [0.25, 0.3) is 0 Å². The molecule has 0 aliphatic rings. The van der Waals surface area contributed by atoms with Gasteiger partial charge in [0.2, 0.25) is 0 Å². The van der Waals surface area contributed by atoms with E-state index >= 15 is 0 Å². The van der Waals surface area contributed by atoms with E-state index in [1.54, 1.807) is 21.5 Å². The Morgan fingerprint density at radius 3 is 2.58 bits per heavy atom. The summed E-state index contributed by atoms with van der Waals surface area (Å²) in [6.07, 6.45) is 2.82. The molecule has 4 heteroatoms. The number of hydrogen-bond acceptors (Lipinski definition) is 2. The van der Waals surface area contributed by atoms with Gasteiger partial charge in [-0.3, -0.25) is 9.13 Å². The standard InChI is InChI=1S/C15H20N2O2/c1-11(2)17-8-7-16(15(17)19)10-14(18)13-6-4-5-12(3)9-13/h4-9,11,14,18H,10H2,1-3H3. The van der Waals surface area contributed by atoms with Gasteiger partial charge in [-0.2, -0.15) is 0 Å². The van der Waals surface area contributed by atoms with Crippen molar-refractivity contribution in [2.45, 2.75) is 39.5 Å². The topological polar surface area (TPSA) is 47.2 Å². The minimum atomic E-state index is -0.666. The van der Waals surface area contributed by atoms with Crippen molar-refractivity contribution >= 4 is 0 Å². The Morgan fingerprint density at radius 2 is 2.00 bits per heavy atom. The van der Waals surface area contributed by atoms with Gasteiger partial charge < -0.3 is 5.11 Å². The average molecular weight is 260 g/mol. The Labute approximate surface area is 112 Å². The highest BCUT2D eigenvalue weighted by atomic mass is 16.3. The molecule has 0 radical (unpaired) electrons. The maximum atomic E-state index is 12.1. The first-order chi connectivity index (χ1) is 8.99. The molecule has 4 nitrogen and oxygen atoms in total. The van der Waals surface area contributed by atoms with E-state index < -0.39 is 6.10 Å². The minimum absolute atomic E-state index is 0.0818.